The zero-order valence-electron chi connectivity index (χ0n) is 13.0. The number of amides is 1. The molecule has 0 fully saturated rings. The second kappa shape index (κ2) is 7.59. The Morgan fingerprint density at radius 2 is 1.77 bits per heavy atom. The van der Waals surface area contributed by atoms with Gasteiger partial charge in [-0.2, -0.15) is 0 Å². The first-order valence-electron chi connectivity index (χ1n) is 7.49. The molecule has 0 heterocycles. The van der Waals surface area contributed by atoms with Crippen LogP contribution in [-0.2, 0) is 14.3 Å². The Labute approximate surface area is 130 Å². The summed E-state index contributed by atoms with van der Waals surface area (Å²) in [5, 5.41) is 4.91. The third-order valence-corrected chi connectivity index (χ3v) is 3.20. The summed E-state index contributed by atoms with van der Waals surface area (Å²) < 4.78 is 5.06. The van der Waals surface area contributed by atoms with Crippen LogP contribution in [0.2, 0.25) is 0 Å². The van der Waals surface area contributed by atoms with Crippen LogP contribution in [-0.4, -0.2) is 18.5 Å². The number of hydrogen-bond acceptors (Lipinski definition) is 3. The molecule has 0 aliphatic rings. The van der Waals surface area contributed by atoms with Crippen LogP contribution < -0.4 is 5.32 Å². The van der Waals surface area contributed by atoms with Crippen LogP contribution in [0.3, 0.4) is 0 Å². The predicted octanol–water partition coefficient (Wildman–Crippen LogP) is 3.76. The van der Waals surface area contributed by atoms with Crippen molar-refractivity contribution in [1.82, 2.24) is 0 Å². The molecule has 0 saturated heterocycles. The molecule has 2 rings (SSSR count). The number of anilines is 1. The van der Waals surface area contributed by atoms with Crippen molar-refractivity contribution in [1.29, 1.82) is 0 Å². The third-order valence-electron chi connectivity index (χ3n) is 3.20. The van der Waals surface area contributed by atoms with E-state index in [-0.39, 0.29) is 24.7 Å². The van der Waals surface area contributed by atoms with Gasteiger partial charge in [0.1, 0.15) is 0 Å². The van der Waals surface area contributed by atoms with E-state index >= 15 is 0 Å². The Hall–Kier alpha value is -2.36. The fourth-order valence-electron chi connectivity index (χ4n) is 2.09. The van der Waals surface area contributed by atoms with E-state index < -0.39 is 0 Å². The van der Waals surface area contributed by atoms with Crippen LogP contribution in [0.25, 0.3) is 10.8 Å². The zero-order valence-corrected chi connectivity index (χ0v) is 13.0. The maximum absolute atomic E-state index is 12.0. The van der Waals surface area contributed by atoms with Crippen LogP contribution in [0.4, 0.5) is 5.69 Å². The van der Waals surface area contributed by atoms with E-state index in [9.17, 15) is 9.59 Å². The van der Waals surface area contributed by atoms with Gasteiger partial charge in [0.2, 0.25) is 5.91 Å². The molecule has 2 aromatic carbocycles. The number of fused-ring (bicyclic) bond motifs is 1. The van der Waals surface area contributed by atoms with Gasteiger partial charge in [-0.1, -0.05) is 50.2 Å². The van der Waals surface area contributed by atoms with Gasteiger partial charge in [0.25, 0.3) is 0 Å². The Morgan fingerprint density at radius 1 is 1.05 bits per heavy atom. The van der Waals surface area contributed by atoms with Crippen LogP contribution in [0.5, 0.6) is 0 Å². The Kier molecular flexibility index (Phi) is 5.53. The third kappa shape index (κ3) is 4.58. The summed E-state index contributed by atoms with van der Waals surface area (Å²) in [6.07, 6.45) is 0.226. The molecular weight excluding hydrogens is 278 g/mol. The van der Waals surface area contributed by atoms with Crippen LogP contribution in [0.1, 0.15) is 26.7 Å². The average molecular weight is 299 g/mol. The molecule has 0 spiro atoms. The summed E-state index contributed by atoms with van der Waals surface area (Å²) in [6, 6.07) is 13.6. The van der Waals surface area contributed by atoms with E-state index in [2.05, 4.69) is 5.32 Å². The minimum absolute atomic E-state index is 0.101. The van der Waals surface area contributed by atoms with Gasteiger partial charge in [0.05, 0.1) is 13.0 Å². The number of benzene rings is 2. The van der Waals surface area contributed by atoms with Gasteiger partial charge in [-0.3, -0.25) is 9.59 Å². The van der Waals surface area contributed by atoms with Gasteiger partial charge < -0.3 is 10.1 Å². The van der Waals surface area contributed by atoms with Crippen molar-refractivity contribution in [2.75, 3.05) is 11.9 Å². The van der Waals surface area contributed by atoms with E-state index in [1.807, 2.05) is 56.3 Å². The van der Waals surface area contributed by atoms with Gasteiger partial charge >= 0.3 is 5.97 Å². The van der Waals surface area contributed by atoms with E-state index in [1.54, 1.807) is 0 Å². The first kappa shape index (κ1) is 16.0. The molecule has 0 bridgehead atoms. The normalized spacial score (nSPS) is 10.7. The molecule has 0 aliphatic heterocycles. The number of nitrogens with one attached hydrogen (secondary N) is 1. The average Bonchev–Trinajstić information content (AvgIpc) is 2.51. The predicted molar refractivity (Wildman–Crippen MR) is 87.6 cm³/mol. The molecule has 1 amide bonds. The first-order valence-corrected chi connectivity index (χ1v) is 7.49. The molecule has 0 radical (unpaired) electrons. The zero-order chi connectivity index (χ0) is 15.9. The molecule has 0 unspecified atom stereocenters. The highest BCUT2D eigenvalue weighted by Gasteiger charge is 2.10. The fraction of sp³-hybridized carbons (Fsp3) is 0.333. The number of rotatable bonds is 6. The summed E-state index contributed by atoms with van der Waals surface area (Å²) in [4.78, 5) is 23.5. The number of carbonyl (C=O) groups excluding carboxylic acids is 2. The standard InChI is InChI=1S/C18H21NO3/c1-13(2)12-22-18(21)11-10-17(20)19-16-9-5-7-14-6-3-4-8-15(14)16/h3-9,13H,10-12H2,1-2H3,(H,19,20). The minimum Gasteiger partial charge on any atom is -0.465 e. The summed E-state index contributed by atoms with van der Waals surface area (Å²) in [5.74, 6) is -0.215. The van der Waals surface area contributed by atoms with Gasteiger partial charge in [-0.15, -0.1) is 0 Å². The molecular formula is C18H21NO3. The van der Waals surface area contributed by atoms with Crippen LogP contribution >= 0.6 is 0 Å². The van der Waals surface area contributed by atoms with E-state index in [1.165, 1.54) is 0 Å². The Morgan fingerprint density at radius 3 is 2.55 bits per heavy atom. The highest BCUT2D eigenvalue weighted by molar-refractivity contribution is 6.02. The number of esters is 1. The minimum atomic E-state index is -0.332. The van der Waals surface area contributed by atoms with Crippen molar-refractivity contribution in [2.45, 2.75) is 26.7 Å². The van der Waals surface area contributed by atoms with Gasteiger partial charge in [0.15, 0.2) is 0 Å². The lowest BCUT2D eigenvalue weighted by molar-refractivity contribution is -0.145. The van der Waals surface area contributed by atoms with Crippen molar-refractivity contribution < 1.29 is 14.3 Å². The van der Waals surface area contributed by atoms with E-state index in [0.29, 0.717) is 12.5 Å². The molecule has 116 valence electrons. The molecule has 2 aromatic rings. The highest BCUT2D eigenvalue weighted by Crippen LogP contribution is 2.23. The lowest BCUT2D eigenvalue weighted by atomic mass is 10.1. The topological polar surface area (TPSA) is 55.4 Å². The molecule has 4 heteroatoms. The highest BCUT2D eigenvalue weighted by atomic mass is 16.5. The Bertz CT molecular complexity index is 659. The SMILES string of the molecule is CC(C)COC(=O)CCC(=O)Nc1cccc2ccccc12. The summed E-state index contributed by atoms with van der Waals surface area (Å²) in [5.41, 5.74) is 0.763. The quantitative estimate of drug-likeness (QED) is 0.826. The lowest BCUT2D eigenvalue weighted by Gasteiger charge is -2.09. The van der Waals surface area contributed by atoms with Gasteiger partial charge in [-0.25, -0.2) is 0 Å². The number of hydrogen-bond donors (Lipinski definition) is 1. The van der Waals surface area contributed by atoms with Gasteiger partial charge in [0, 0.05) is 17.5 Å². The number of carbonyl (C=O) groups is 2. The molecule has 0 saturated carbocycles. The summed E-state index contributed by atoms with van der Waals surface area (Å²) in [6.45, 7) is 4.34. The van der Waals surface area contributed by atoms with Crippen LogP contribution in [0, 0.1) is 5.92 Å². The maximum atomic E-state index is 12.0. The maximum Gasteiger partial charge on any atom is 0.306 e. The molecule has 0 aromatic heterocycles. The molecule has 22 heavy (non-hydrogen) atoms. The second-order valence-electron chi connectivity index (χ2n) is 5.65. The molecule has 0 aliphatic carbocycles. The van der Waals surface area contributed by atoms with Crippen molar-refractivity contribution in [3.05, 3.63) is 42.5 Å². The first-order chi connectivity index (χ1) is 10.6. The molecule has 0 atom stereocenters. The molecule has 1 N–H and O–H groups in total. The van der Waals surface area contributed by atoms with Crippen molar-refractivity contribution in [2.24, 2.45) is 5.92 Å². The van der Waals surface area contributed by atoms with Crippen molar-refractivity contribution >= 4 is 28.3 Å². The smallest absolute Gasteiger partial charge is 0.306 e. The van der Waals surface area contributed by atoms with Crippen molar-refractivity contribution in [3.8, 4) is 0 Å². The Balaban J connectivity index is 1.90. The molecule has 4 nitrogen and oxygen atoms in total. The van der Waals surface area contributed by atoms with Gasteiger partial charge in [-0.05, 0) is 17.4 Å². The van der Waals surface area contributed by atoms with E-state index in [0.717, 1.165) is 16.5 Å². The summed E-state index contributed by atoms with van der Waals surface area (Å²) in [7, 11) is 0. The second-order valence-corrected chi connectivity index (χ2v) is 5.65. The van der Waals surface area contributed by atoms with Crippen molar-refractivity contribution in [3.63, 3.8) is 0 Å². The lowest BCUT2D eigenvalue weighted by Crippen LogP contribution is -2.16. The number of ether oxygens (including phenoxy) is 1. The van der Waals surface area contributed by atoms with Crippen LogP contribution in [0.15, 0.2) is 42.5 Å². The van der Waals surface area contributed by atoms with E-state index in [4.69, 9.17) is 4.74 Å². The largest absolute Gasteiger partial charge is 0.465 e. The summed E-state index contributed by atoms with van der Waals surface area (Å²) >= 11 is 0. The monoisotopic (exact) mass is 299 g/mol. The fourth-order valence-corrected chi connectivity index (χ4v) is 2.09.